The number of hydrogen-bond donors (Lipinski definition) is 1. The van der Waals surface area contributed by atoms with Crippen LogP contribution in [-0.4, -0.2) is 47.4 Å². The molecule has 1 amide bonds. The first-order chi connectivity index (χ1) is 13.2. The number of carbonyl (C=O) groups excluding carboxylic acids is 1. The molecule has 6 nitrogen and oxygen atoms in total. The molecule has 1 aliphatic carbocycles. The minimum atomic E-state index is -0.0962. The van der Waals surface area contributed by atoms with E-state index in [1.807, 2.05) is 12.1 Å². The van der Waals surface area contributed by atoms with Crippen molar-refractivity contribution < 1.29 is 9.21 Å². The van der Waals surface area contributed by atoms with E-state index in [1.165, 1.54) is 19.3 Å². The van der Waals surface area contributed by atoms with Crippen LogP contribution in [0.2, 0.25) is 0 Å². The molecule has 4 aliphatic rings. The first-order valence-electron chi connectivity index (χ1n) is 9.81. The lowest BCUT2D eigenvalue weighted by molar-refractivity contribution is -0.116. The molecule has 0 saturated carbocycles. The van der Waals surface area contributed by atoms with E-state index in [0.717, 1.165) is 35.3 Å². The van der Waals surface area contributed by atoms with Crippen molar-refractivity contribution in [2.24, 2.45) is 10.2 Å². The molecule has 3 aliphatic heterocycles. The Bertz CT molecular complexity index is 864. The molecular weight excluding hydrogens is 340 g/mol. The highest BCUT2D eigenvalue weighted by atomic mass is 16.3. The van der Waals surface area contributed by atoms with Crippen molar-refractivity contribution in [2.75, 3.05) is 7.05 Å². The van der Waals surface area contributed by atoms with E-state index in [-0.39, 0.29) is 11.9 Å². The van der Waals surface area contributed by atoms with Crippen LogP contribution in [0.3, 0.4) is 0 Å². The molecule has 2 fully saturated rings. The van der Waals surface area contributed by atoms with E-state index in [1.54, 1.807) is 12.5 Å². The summed E-state index contributed by atoms with van der Waals surface area (Å²) in [5.41, 5.74) is 4.22. The van der Waals surface area contributed by atoms with Gasteiger partial charge in [-0.15, -0.1) is 5.10 Å². The Hall–Kier alpha value is -2.47. The maximum absolute atomic E-state index is 13.0. The van der Waals surface area contributed by atoms with Crippen LogP contribution in [0.1, 0.15) is 44.1 Å². The lowest BCUT2D eigenvalue weighted by Gasteiger charge is -2.47. The summed E-state index contributed by atoms with van der Waals surface area (Å²) in [7, 11) is 2.23. The van der Waals surface area contributed by atoms with Gasteiger partial charge in [0.2, 0.25) is 0 Å². The van der Waals surface area contributed by atoms with Crippen LogP contribution in [0.25, 0.3) is 5.57 Å². The molecule has 2 atom stereocenters. The predicted octanol–water partition coefficient (Wildman–Crippen LogP) is 2.94. The number of carbonyl (C=O) groups is 1. The number of furan rings is 1. The number of allylic oxidation sites excluding steroid dienone is 3. The fourth-order valence-electron chi connectivity index (χ4n) is 4.86. The zero-order valence-corrected chi connectivity index (χ0v) is 15.5. The lowest BCUT2D eigenvalue weighted by atomic mass is 9.82. The zero-order chi connectivity index (χ0) is 18.4. The summed E-state index contributed by atoms with van der Waals surface area (Å²) in [5.74, 6) is -0.0962. The highest BCUT2D eigenvalue weighted by Gasteiger charge is 2.37. The van der Waals surface area contributed by atoms with Gasteiger partial charge >= 0.3 is 0 Å². The summed E-state index contributed by atoms with van der Waals surface area (Å²) in [5, 5.41) is 11.7. The monoisotopic (exact) mass is 364 g/mol. The first-order valence-corrected chi connectivity index (χ1v) is 9.81. The van der Waals surface area contributed by atoms with Crippen molar-refractivity contribution >= 4 is 22.9 Å². The van der Waals surface area contributed by atoms with Crippen LogP contribution in [-0.2, 0) is 4.79 Å². The third kappa shape index (κ3) is 2.98. The number of nitrogens with zero attached hydrogens (tertiary/aromatic N) is 3. The van der Waals surface area contributed by atoms with Crippen LogP contribution < -0.4 is 5.32 Å². The van der Waals surface area contributed by atoms with Crippen molar-refractivity contribution in [3.63, 3.8) is 0 Å². The van der Waals surface area contributed by atoms with Gasteiger partial charge in [0.05, 0.1) is 18.2 Å². The fraction of sp³-hybridized carbons (Fsp3) is 0.476. The Balaban J connectivity index is 1.31. The predicted molar refractivity (Wildman–Crippen MR) is 105 cm³/mol. The molecule has 4 heterocycles. The average molecular weight is 364 g/mol. The smallest absolute Gasteiger partial charge is 0.272 e. The van der Waals surface area contributed by atoms with E-state index < -0.39 is 0 Å². The number of fused-ring (bicyclic) bond motifs is 3. The number of rotatable bonds is 3. The fourth-order valence-corrected chi connectivity index (χ4v) is 4.86. The second-order valence-electron chi connectivity index (χ2n) is 7.97. The van der Waals surface area contributed by atoms with Crippen LogP contribution >= 0.6 is 0 Å². The standard InChI is InChI=1S/C21H24N4O2/c1-25-16-3-2-4-17(25)11-15(10-16)22-21(26)20-18-9-13(14-7-8-27-12-14)5-6-19(18)23-24-20/h5,7-9,12,15-17H,2-4,6,10-11H2,1H3,(H,22,26). The second kappa shape index (κ2) is 6.60. The Morgan fingerprint density at radius 3 is 2.81 bits per heavy atom. The zero-order valence-electron chi connectivity index (χ0n) is 15.5. The number of piperidine rings is 2. The third-order valence-electron chi connectivity index (χ3n) is 6.40. The number of amides is 1. The molecule has 6 heteroatoms. The van der Waals surface area contributed by atoms with Gasteiger partial charge in [0.25, 0.3) is 5.91 Å². The molecule has 140 valence electrons. The highest BCUT2D eigenvalue weighted by molar-refractivity contribution is 6.53. The largest absolute Gasteiger partial charge is 0.472 e. The van der Waals surface area contributed by atoms with E-state index in [4.69, 9.17) is 4.42 Å². The molecule has 1 N–H and O–H groups in total. The highest BCUT2D eigenvalue weighted by Crippen LogP contribution is 2.33. The van der Waals surface area contributed by atoms with Crippen molar-refractivity contribution in [3.05, 3.63) is 41.9 Å². The van der Waals surface area contributed by atoms with E-state index in [2.05, 4.69) is 33.5 Å². The minimum absolute atomic E-state index is 0.0962. The van der Waals surface area contributed by atoms with Crippen molar-refractivity contribution in [2.45, 2.75) is 56.7 Å². The quantitative estimate of drug-likeness (QED) is 0.896. The minimum Gasteiger partial charge on any atom is -0.472 e. The first kappa shape index (κ1) is 16.7. The Labute approximate surface area is 158 Å². The maximum Gasteiger partial charge on any atom is 0.272 e. The van der Waals surface area contributed by atoms with Crippen LogP contribution in [0.15, 0.2) is 50.9 Å². The summed E-state index contributed by atoms with van der Waals surface area (Å²) in [6.45, 7) is 0. The normalized spacial score (nSPS) is 30.0. The van der Waals surface area contributed by atoms with Crippen molar-refractivity contribution in [1.29, 1.82) is 0 Å². The Kier molecular flexibility index (Phi) is 4.08. The molecule has 1 aromatic rings. The van der Waals surface area contributed by atoms with Crippen LogP contribution in [0.5, 0.6) is 0 Å². The van der Waals surface area contributed by atoms with Gasteiger partial charge in [0, 0.05) is 35.7 Å². The second-order valence-corrected chi connectivity index (χ2v) is 7.97. The number of hydrogen-bond acceptors (Lipinski definition) is 5. The molecular formula is C21H24N4O2. The summed E-state index contributed by atoms with van der Waals surface area (Å²) in [6, 6.07) is 3.33. The van der Waals surface area contributed by atoms with Gasteiger partial charge in [-0.05, 0) is 50.4 Å². The summed E-state index contributed by atoms with van der Waals surface area (Å²) < 4.78 is 5.18. The summed E-state index contributed by atoms with van der Waals surface area (Å²) in [6.07, 6.45) is 14.0. The number of nitrogens with one attached hydrogen (secondary N) is 1. The van der Waals surface area contributed by atoms with Crippen molar-refractivity contribution in [3.8, 4) is 0 Å². The van der Waals surface area contributed by atoms with Crippen molar-refractivity contribution in [1.82, 2.24) is 10.2 Å². The van der Waals surface area contributed by atoms with Gasteiger partial charge in [0.15, 0.2) is 5.71 Å². The van der Waals surface area contributed by atoms with Crippen LogP contribution in [0, 0.1) is 0 Å². The SMILES string of the molecule is CN1C2CCCC1CC(NC(=O)C1=NN=C3CC=C(c4ccoc4)C=C31)C2. The van der Waals surface area contributed by atoms with Gasteiger partial charge in [0.1, 0.15) is 0 Å². The molecule has 0 aromatic carbocycles. The molecule has 2 unspecified atom stereocenters. The summed E-state index contributed by atoms with van der Waals surface area (Å²) >= 11 is 0. The molecule has 0 radical (unpaired) electrons. The molecule has 1 aromatic heterocycles. The third-order valence-corrected chi connectivity index (χ3v) is 6.40. The Morgan fingerprint density at radius 2 is 2.07 bits per heavy atom. The van der Waals surface area contributed by atoms with Gasteiger partial charge in [-0.25, -0.2) is 0 Å². The molecule has 2 saturated heterocycles. The molecule has 2 bridgehead atoms. The molecule has 5 rings (SSSR count). The Morgan fingerprint density at radius 1 is 1.26 bits per heavy atom. The van der Waals surface area contributed by atoms with E-state index in [9.17, 15) is 4.79 Å². The van der Waals surface area contributed by atoms with E-state index >= 15 is 0 Å². The van der Waals surface area contributed by atoms with Gasteiger partial charge in [-0.2, -0.15) is 5.10 Å². The lowest BCUT2D eigenvalue weighted by Crippen LogP contribution is -2.56. The summed E-state index contributed by atoms with van der Waals surface area (Å²) in [4.78, 5) is 15.5. The molecule has 0 spiro atoms. The van der Waals surface area contributed by atoms with Gasteiger partial charge in [-0.1, -0.05) is 12.5 Å². The van der Waals surface area contributed by atoms with Gasteiger partial charge < -0.3 is 14.6 Å². The average Bonchev–Trinajstić information content (AvgIpc) is 3.31. The topological polar surface area (TPSA) is 70.2 Å². The van der Waals surface area contributed by atoms with E-state index in [0.29, 0.717) is 24.2 Å². The van der Waals surface area contributed by atoms with Gasteiger partial charge in [-0.3, -0.25) is 4.79 Å². The molecule has 27 heavy (non-hydrogen) atoms. The van der Waals surface area contributed by atoms with Crippen LogP contribution in [0.4, 0.5) is 0 Å². The maximum atomic E-state index is 13.0.